The van der Waals surface area contributed by atoms with Crippen LogP contribution in [-0.4, -0.2) is 48.9 Å². The van der Waals surface area contributed by atoms with Crippen molar-refractivity contribution in [2.24, 2.45) is 0 Å². The maximum Gasteiger partial charge on any atom is 0.225 e. The Kier molecular flexibility index (Phi) is 5.71. The first-order valence-electron chi connectivity index (χ1n) is 8.76. The molecule has 1 aliphatic heterocycles. The molecule has 9 heteroatoms. The summed E-state index contributed by atoms with van der Waals surface area (Å²) in [4.78, 5) is 10.7. The molecule has 0 bridgehead atoms. The van der Waals surface area contributed by atoms with Gasteiger partial charge in [-0.3, -0.25) is 0 Å². The van der Waals surface area contributed by atoms with Crippen molar-refractivity contribution in [3.63, 3.8) is 0 Å². The summed E-state index contributed by atoms with van der Waals surface area (Å²) >= 11 is 0. The fourth-order valence-corrected chi connectivity index (χ4v) is 4.49. The molecule has 1 fully saturated rings. The second-order valence-electron chi connectivity index (χ2n) is 6.78. The van der Waals surface area contributed by atoms with Gasteiger partial charge in [0.05, 0.1) is 5.75 Å². The highest BCUT2D eigenvalue weighted by Crippen LogP contribution is 2.21. The molecule has 0 unspecified atom stereocenters. The minimum absolute atomic E-state index is 0.216. The van der Waals surface area contributed by atoms with E-state index < -0.39 is 33.0 Å². The number of hydrogen-bond donors (Lipinski definition) is 0. The number of sulfonamides is 1. The zero-order valence-electron chi connectivity index (χ0n) is 15.3. The number of halogens is 2. The van der Waals surface area contributed by atoms with Crippen LogP contribution in [0.25, 0.3) is 0 Å². The van der Waals surface area contributed by atoms with Crippen LogP contribution in [0, 0.1) is 11.6 Å². The van der Waals surface area contributed by atoms with E-state index in [0.29, 0.717) is 19.0 Å². The molecule has 0 amide bonds. The highest BCUT2D eigenvalue weighted by Gasteiger charge is 2.29. The third kappa shape index (κ3) is 4.41. The van der Waals surface area contributed by atoms with Gasteiger partial charge in [0.2, 0.25) is 16.0 Å². The summed E-state index contributed by atoms with van der Waals surface area (Å²) < 4.78 is 54.0. The second kappa shape index (κ2) is 7.85. The van der Waals surface area contributed by atoms with Crippen molar-refractivity contribution >= 4 is 16.0 Å². The van der Waals surface area contributed by atoms with Gasteiger partial charge in [0, 0.05) is 43.6 Å². The van der Waals surface area contributed by atoms with Crippen molar-refractivity contribution in [1.29, 1.82) is 0 Å². The molecule has 3 rings (SSSR count). The zero-order valence-corrected chi connectivity index (χ0v) is 16.1. The standard InChI is InChI=1S/C18H22F2N4O2S/c1-13(2)17-6-7-21-18(22-17)23-8-10-24(11-9-23)27(25,26)12-14-15(19)4-3-5-16(14)20/h3-7,13H,8-12H2,1-2H3. The summed E-state index contributed by atoms with van der Waals surface area (Å²) in [6.45, 7) is 5.35. The molecule has 1 saturated heterocycles. The van der Waals surface area contributed by atoms with Crippen LogP contribution in [0.2, 0.25) is 0 Å². The molecule has 0 spiro atoms. The summed E-state index contributed by atoms with van der Waals surface area (Å²) in [7, 11) is -3.82. The summed E-state index contributed by atoms with van der Waals surface area (Å²) in [6.07, 6.45) is 1.70. The van der Waals surface area contributed by atoms with E-state index in [2.05, 4.69) is 9.97 Å². The third-order valence-corrected chi connectivity index (χ3v) is 6.36. The summed E-state index contributed by atoms with van der Waals surface area (Å²) in [5, 5.41) is 0. The lowest BCUT2D eigenvalue weighted by Gasteiger charge is -2.34. The number of nitrogens with zero attached hydrogens (tertiary/aromatic N) is 4. The van der Waals surface area contributed by atoms with Gasteiger partial charge in [-0.1, -0.05) is 19.9 Å². The molecule has 0 saturated carbocycles. The zero-order chi connectivity index (χ0) is 19.6. The number of hydrogen-bond acceptors (Lipinski definition) is 5. The van der Waals surface area contributed by atoms with Gasteiger partial charge in [-0.2, -0.15) is 4.31 Å². The maximum absolute atomic E-state index is 13.8. The molecule has 6 nitrogen and oxygen atoms in total. The molecule has 2 aromatic rings. The number of rotatable bonds is 5. The highest BCUT2D eigenvalue weighted by molar-refractivity contribution is 7.88. The molecular formula is C18H22F2N4O2S. The van der Waals surface area contributed by atoms with E-state index in [-0.39, 0.29) is 19.0 Å². The van der Waals surface area contributed by atoms with Gasteiger partial charge in [-0.25, -0.2) is 27.2 Å². The van der Waals surface area contributed by atoms with Gasteiger partial charge in [-0.15, -0.1) is 0 Å². The number of piperazine rings is 1. The van der Waals surface area contributed by atoms with Crippen molar-refractivity contribution in [1.82, 2.24) is 14.3 Å². The Morgan fingerprint density at radius 3 is 2.30 bits per heavy atom. The van der Waals surface area contributed by atoms with Crippen LogP contribution in [0.15, 0.2) is 30.5 Å². The molecule has 27 heavy (non-hydrogen) atoms. The average Bonchev–Trinajstić information content (AvgIpc) is 2.65. The molecular weight excluding hydrogens is 374 g/mol. The van der Waals surface area contributed by atoms with Gasteiger partial charge >= 0.3 is 0 Å². The van der Waals surface area contributed by atoms with E-state index in [0.717, 1.165) is 17.8 Å². The fourth-order valence-electron chi connectivity index (χ4n) is 2.95. The quantitative estimate of drug-likeness (QED) is 0.777. The van der Waals surface area contributed by atoms with E-state index in [1.807, 2.05) is 24.8 Å². The Morgan fingerprint density at radius 1 is 1.07 bits per heavy atom. The Balaban J connectivity index is 1.69. The summed E-state index contributed by atoms with van der Waals surface area (Å²) in [5.74, 6) is -1.56. The maximum atomic E-state index is 13.8. The Bertz CT molecular complexity index is 893. The first-order valence-corrected chi connectivity index (χ1v) is 10.4. The largest absolute Gasteiger partial charge is 0.338 e. The van der Waals surface area contributed by atoms with E-state index in [1.165, 1.54) is 10.4 Å². The molecule has 0 radical (unpaired) electrons. The molecule has 146 valence electrons. The minimum atomic E-state index is -3.82. The number of anilines is 1. The van der Waals surface area contributed by atoms with Crippen molar-refractivity contribution < 1.29 is 17.2 Å². The van der Waals surface area contributed by atoms with Crippen LogP contribution >= 0.6 is 0 Å². The normalized spacial score (nSPS) is 16.1. The fraction of sp³-hybridized carbons (Fsp3) is 0.444. The molecule has 2 heterocycles. The smallest absolute Gasteiger partial charge is 0.225 e. The van der Waals surface area contributed by atoms with Crippen molar-refractivity contribution in [2.75, 3.05) is 31.1 Å². The lowest BCUT2D eigenvalue weighted by atomic mass is 10.1. The lowest BCUT2D eigenvalue weighted by Crippen LogP contribution is -2.49. The van der Waals surface area contributed by atoms with E-state index in [4.69, 9.17) is 0 Å². The lowest BCUT2D eigenvalue weighted by molar-refractivity contribution is 0.381. The molecule has 0 atom stereocenters. The van der Waals surface area contributed by atoms with Crippen molar-refractivity contribution in [3.05, 3.63) is 53.4 Å². The van der Waals surface area contributed by atoms with Gasteiger partial charge < -0.3 is 4.90 Å². The van der Waals surface area contributed by atoms with Crippen LogP contribution in [0.1, 0.15) is 31.0 Å². The van der Waals surface area contributed by atoms with Crippen LogP contribution in [0.3, 0.4) is 0 Å². The van der Waals surface area contributed by atoms with E-state index in [9.17, 15) is 17.2 Å². The van der Waals surface area contributed by atoms with Gasteiger partial charge in [0.15, 0.2) is 0 Å². The monoisotopic (exact) mass is 396 g/mol. The van der Waals surface area contributed by atoms with Crippen LogP contribution in [0.4, 0.5) is 14.7 Å². The minimum Gasteiger partial charge on any atom is -0.338 e. The van der Waals surface area contributed by atoms with E-state index in [1.54, 1.807) is 6.20 Å². The molecule has 0 N–H and O–H groups in total. The molecule has 1 aliphatic rings. The Hall–Kier alpha value is -2.13. The van der Waals surface area contributed by atoms with Crippen LogP contribution in [-0.2, 0) is 15.8 Å². The topological polar surface area (TPSA) is 66.4 Å². The number of benzene rings is 1. The second-order valence-corrected chi connectivity index (χ2v) is 8.75. The predicted octanol–water partition coefficient (Wildman–Crippen LogP) is 2.53. The van der Waals surface area contributed by atoms with Gasteiger partial charge in [0.25, 0.3) is 0 Å². The van der Waals surface area contributed by atoms with Crippen LogP contribution < -0.4 is 4.90 Å². The first-order chi connectivity index (χ1) is 12.8. The summed E-state index contributed by atoms with van der Waals surface area (Å²) in [5.41, 5.74) is 0.498. The van der Waals surface area contributed by atoms with Crippen molar-refractivity contribution in [2.45, 2.75) is 25.5 Å². The van der Waals surface area contributed by atoms with Gasteiger partial charge in [-0.05, 0) is 24.1 Å². The SMILES string of the molecule is CC(C)c1ccnc(N2CCN(S(=O)(=O)Cc3c(F)cccc3F)CC2)n1. The predicted molar refractivity (Wildman–Crippen MR) is 98.9 cm³/mol. The van der Waals surface area contributed by atoms with Crippen molar-refractivity contribution in [3.8, 4) is 0 Å². The van der Waals surface area contributed by atoms with E-state index >= 15 is 0 Å². The first kappa shape index (κ1) is 19.6. The molecule has 1 aromatic heterocycles. The van der Waals surface area contributed by atoms with Crippen LogP contribution in [0.5, 0.6) is 0 Å². The Morgan fingerprint density at radius 2 is 1.70 bits per heavy atom. The molecule has 1 aromatic carbocycles. The third-order valence-electron chi connectivity index (χ3n) is 4.56. The summed E-state index contributed by atoms with van der Waals surface area (Å²) in [6, 6.07) is 5.19. The number of aromatic nitrogens is 2. The molecule has 0 aliphatic carbocycles. The van der Waals surface area contributed by atoms with Gasteiger partial charge in [0.1, 0.15) is 11.6 Å². The average molecular weight is 396 g/mol. The Labute approximate surface area is 157 Å². The highest BCUT2D eigenvalue weighted by atomic mass is 32.2.